The predicted molar refractivity (Wildman–Crippen MR) is 80.4 cm³/mol. The van der Waals surface area contributed by atoms with Gasteiger partial charge in [0.2, 0.25) is 0 Å². The van der Waals surface area contributed by atoms with E-state index in [2.05, 4.69) is 0 Å². The molecule has 0 aliphatic heterocycles. The van der Waals surface area contributed by atoms with Crippen LogP contribution in [0.3, 0.4) is 0 Å². The fourth-order valence-electron chi connectivity index (χ4n) is 1.70. The van der Waals surface area contributed by atoms with E-state index in [1.807, 2.05) is 19.9 Å². The van der Waals surface area contributed by atoms with E-state index in [9.17, 15) is 4.79 Å². The molecule has 0 saturated carbocycles. The van der Waals surface area contributed by atoms with Gasteiger partial charge in [-0.05, 0) is 26.8 Å². The van der Waals surface area contributed by atoms with Gasteiger partial charge in [-0.2, -0.15) is 0 Å². The molecule has 1 rings (SSSR count). The second-order valence-corrected chi connectivity index (χ2v) is 4.70. The summed E-state index contributed by atoms with van der Waals surface area (Å²) in [4.78, 5) is 11.8. The van der Waals surface area contributed by atoms with Crippen molar-refractivity contribution >= 4 is 5.78 Å². The molecule has 21 heavy (non-hydrogen) atoms. The van der Waals surface area contributed by atoms with Gasteiger partial charge >= 0.3 is 0 Å². The van der Waals surface area contributed by atoms with E-state index in [1.165, 1.54) is 21.1 Å². The van der Waals surface area contributed by atoms with Crippen molar-refractivity contribution in [2.75, 3.05) is 27.6 Å². The Morgan fingerprint density at radius 2 is 1.76 bits per heavy atom. The molecule has 5 heteroatoms. The molecule has 0 bridgehead atoms. The van der Waals surface area contributed by atoms with Crippen LogP contribution in [0.15, 0.2) is 23.8 Å². The summed E-state index contributed by atoms with van der Waals surface area (Å²) in [5, 5.41) is 0. The number of methoxy groups -OCH3 is 2. The molecular formula is C16H22O5. The van der Waals surface area contributed by atoms with E-state index in [4.69, 9.17) is 18.9 Å². The number of ketones is 1. The lowest BCUT2D eigenvalue weighted by Gasteiger charge is -2.15. The Bertz CT molecular complexity index is 516. The van der Waals surface area contributed by atoms with Crippen LogP contribution in [0.5, 0.6) is 17.2 Å². The van der Waals surface area contributed by atoms with Crippen LogP contribution in [0.25, 0.3) is 0 Å². The van der Waals surface area contributed by atoms with Crippen molar-refractivity contribution in [1.82, 2.24) is 0 Å². The third-order valence-electron chi connectivity index (χ3n) is 2.69. The second-order valence-electron chi connectivity index (χ2n) is 4.70. The molecule has 0 atom stereocenters. The number of allylic oxidation sites excluding steroid dienone is 1. The lowest BCUT2D eigenvalue weighted by molar-refractivity contribution is 0.0508. The first-order chi connectivity index (χ1) is 9.99. The lowest BCUT2D eigenvalue weighted by Crippen LogP contribution is -2.06. The molecule has 0 fully saturated rings. The van der Waals surface area contributed by atoms with Crippen LogP contribution in [0.4, 0.5) is 0 Å². The molecule has 1 aromatic rings. The van der Waals surface area contributed by atoms with Gasteiger partial charge in [0, 0.05) is 19.2 Å². The SMILES string of the molecule is COCOc1cc(OC)c(C(C)=O)c(OCC=C(C)C)c1. The summed E-state index contributed by atoms with van der Waals surface area (Å²) in [6.45, 7) is 5.92. The quantitative estimate of drug-likeness (QED) is 0.418. The molecule has 5 nitrogen and oxygen atoms in total. The normalized spacial score (nSPS) is 9.95. The molecule has 0 aromatic heterocycles. The first-order valence-corrected chi connectivity index (χ1v) is 6.60. The van der Waals surface area contributed by atoms with Crippen molar-refractivity contribution in [3.05, 3.63) is 29.3 Å². The Balaban J connectivity index is 3.14. The Morgan fingerprint density at radius 1 is 1.10 bits per heavy atom. The highest BCUT2D eigenvalue weighted by Crippen LogP contribution is 2.34. The van der Waals surface area contributed by atoms with Crippen LogP contribution in [0.1, 0.15) is 31.1 Å². The second kappa shape index (κ2) is 8.32. The molecule has 0 amide bonds. The van der Waals surface area contributed by atoms with E-state index in [0.29, 0.717) is 29.4 Å². The van der Waals surface area contributed by atoms with Gasteiger partial charge in [0.05, 0.1) is 7.11 Å². The van der Waals surface area contributed by atoms with Gasteiger partial charge < -0.3 is 18.9 Å². The monoisotopic (exact) mass is 294 g/mol. The van der Waals surface area contributed by atoms with Crippen LogP contribution < -0.4 is 14.2 Å². The number of carbonyl (C=O) groups is 1. The maximum Gasteiger partial charge on any atom is 0.188 e. The van der Waals surface area contributed by atoms with E-state index < -0.39 is 0 Å². The molecule has 0 unspecified atom stereocenters. The average molecular weight is 294 g/mol. The van der Waals surface area contributed by atoms with Gasteiger partial charge in [0.1, 0.15) is 29.4 Å². The molecule has 1 aromatic carbocycles. The Labute approximate surface area is 125 Å². The number of Topliss-reactive ketones (excluding diaryl/α,β-unsaturated/α-hetero) is 1. The molecule has 0 heterocycles. The van der Waals surface area contributed by atoms with Gasteiger partial charge in [0.25, 0.3) is 0 Å². The lowest BCUT2D eigenvalue weighted by atomic mass is 10.1. The average Bonchev–Trinajstić information content (AvgIpc) is 2.43. The molecule has 0 aliphatic rings. The molecule has 0 N–H and O–H groups in total. The van der Waals surface area contributed by atoms with E-state index in [-0.39, 0.29) is 12.6 Å². The minimum absolute atomic E-state index is 0.107. The molecule has 0 radical (unpaired) electrons. The maximum atomic E-state index is 11.8. The molecule has 0 spiro atoms. The summed E-state index contributed by atoms with van der Waals surface area (Å²) in [7, 11) is 3.04. The summed E-state index contributed by atoms with van der Waals surface area (Å²) < 4.78 is 21.2. The third kappa shape index (κ3) is 5.11. The van der Waals surface area contributed by atoms with Crippen molar-refractivity contribution < 1.29 is 23.7 Å². The molecule has 0 saturated heterocycles. The number of hydrogen-bond acceptors (Lipinski definition) is 5. The molecule has 0 aliphatic carbocycles. The summed E-state index contributed by atoms with van der Waals surface area (Å²) in [6.07, 6.45) is 1.93. The van der Waals surface area contributed by atoms with Crippen LogP contribution >= 0.6 is 0 Å². The van der Waals surface area contributed by atoms with Gasteiger partial charge in [-0.1, -0.05) is 5.57 Å². The number of benzene rings is 1. The summed E-state index contributed by atoms with van der Waals surface area (Å²) in [5.74, 6) is 1.25. The van der Waals surface area contributed by atoms with Crippen LogP contribution in [-0.4, -0.2) is 33.4 Å². The highest BCUT2D eigenvalue weighted by atomic mass is 16.7. The molecule has 116 valence electrons. The van der Waals surface area contributed by atoms with Crippen molar-refractivity contribution in [3.63, 3.8) is 0 Å². The third-order valence-corrected chi connectivity index (χ3v) is 2.69. The first kappa shape index (κ1) is 17.0. The minimum atomic E-state index is -0.127. The van der Waals surface area contributed by atoms with Crippen LogP contribution in [0.2, 0.25) is 0 Å². The zero-order chi connectivity index (χ0) is 15.8. The standard InChI is InChI=1S/C16H22O5/c1-11(2)6-7-20-15-9-13(21-10-18-4)8-14(19-5)16(15)12(3)17/h6,8-9H,7,10H2,1-5H3. The maximum absolute atomic E-state index is 11.8. The van der Waals surface area contributed by atoms with E-state index >= 15 is 0 Å². The largest absolute Gasteiger partial charge is 0.496 e. The Hall–Kier alpha value is -2.01. The Morgan fingerprint density at radius 3 is 2.29 bits per heavy atom. The fourth-order valence-corrected chi connectivity index (χ4v) is 1.70. The smallest absolute Gasteiger partial charge is 0.188 e. The van der Waals surface area contributed by atoms with Crippen molar-refractivity contribution in [2.45, 2.75) is 20.8 Å². The minimum Gasteiger partial charge on any atom is -0.496 e. The van der Waals surface area contributed by atoms with Gasteiger partial charge in [-0.25, -0.2) is 0 Å². The van der Waals surface area contributed by atoms with Crippen molar-refractivity contribution in [1.29, 1.82) is 0 Å². The topological polar surface area (TPSA) is 54.0 Å². The summed E-state index contributed by atoms with van der Waals surface area (Å²) in [6, 6.07) is 3.31. The highest BCUT2D eigenvalue weighted by Gasteiger charge is 2.17. The summed E-state index contributed by atoms with van der Waals surface area (Å²) in [5.41, 5.74) is 1.54. The molecular weight excluding hydrogens is 272 g/mol. The zero-order valence-corrected chi connectivity index (χ0v) is 13.2. The van der Waals surface area contributed by atoms with E-state index in [0.717, 1.165) is 5.57 Å². The number of rotatable bonds is 8. The van der Waals surface area contributed by atoms with Crippen LogP contribution in [0, 0.1) is 0 Å². The first-order valence-electron chi connectivity index (χ1n) is 6.60. The van der Waals surface area contributed by atoms with Crippen LogP contribution in [-0.2, 0) is 4.74 Å². The highest BCUT2D eigenvalue weighted by molar-refractivity contribution is 6.00. The summed E-state index contributed by atoms with van der Waals surface area (Å²) >= 11 is 0. The van der Waals surface area contributed by atoms with Crippen molar-refractivity contribution in [2.24, 2.45) is 0 Å². The zero-order valence-electron chi connectivity index (χ0n) is 13.2. The number of carbonyl (C=O) groups excluding carboxylic acids is 1. The van der Waals surface area contributed by atoms with Gasteiger partial charge in [-0.3, -0.25) is 4.79 Å². The Kier molecular flexibility index (Phi) is 6.75. The van der Waals surface area contributed by atoms with Crippen molar-refractivity contribution in [3.8, 4) is 17.2 Å². The van der Waals surface area contributed by atoms with E-state index in [1.54, 1.807) is 12.1 Å². The fraction of sp³-hybridized carbons (Fsp3) is 0.438. The number of hydrogen-bond donors (Lipinski definition) is 0. The number of ether oxygens (including phenoxy) is 4. The van der Waals surface area contributed by atoms with Gasteiger partial charge in [0.15, 0.2) is 12.6 Å². The predicted octanol–water partition coefficient (Wildman–Crippen LogP) is 3.23. The van der Waals surface area contributed by atoms with Gasteiger partial charge in [-0.15, -0.1) is 0 Å².